The van der Waals surface area contributed by atoms with Gasteiger partial charge in [-0.3, -0.25) is 9.59 Å². The van der Waals surface area contributed by atoms with E-state index in [0.29, 0.717) is 32.7 Å². The lowest BCUT2D eigenvalue weighted by Gasteiger charge is -2.33. The Balaban J connectivity index is 1.49. The van der Waals surface area contributed by atoms with Gasteiger partial charge in [0, 0.05) is 25.6 Å². The number of rotatable bonds is 4. The van der Waals surface area contributed by atoms with Gasteiger partial charge in [-0.1, -0.05) is 35.5 Å². The second-order valence-electron chi connectivity index (χ2n) is 6.96. The second-order valence-corrected chi connectivity index (χ2v) is 6.96. The van der Waals surface area contributed by atoms with Crippen molar-refractivity contribution in [2.75, 3.05) is 26.3 Å². The summed E-state index contributed by atoms with van der Waals surface area (Å²) in [5.41, 5.74) is 0.389. The van der Waals surface area contributed by atoms with Gasteiger partial charge >= 0.3 is 5.97 Å². The van der Waals surface area contributed by atoms with Gasteiger partial charge in [-0.25, -0.2) is 4.68 Å². The van der Waals surface area contributed by atoms with Gasteiger partial charge in [0.2, 0.25) is 0 Å². The van der Waals surface area contributed by atoms with E-state index >= 15 is 0 Å². The molecular formula is C18H20N4O4. The monoisotopic (exact) mass is 356 g/mol. The number of hydrogen-bond acceptors (Lipinski definition) is 5. The molecule has 0 spiro atoms. The minimum atomic E-state index is -0.909. The van der Waals surface area contributed by atoms with Gasteiger partial charge in [0.05, 0.1) is 24.8 Å². The first-order chi connectivity index (χ1) is 12.6. The first-order valence-electron chi connectivity index (χ1n) is 8.63. The molecule has 0 bridgehead atoms. The molecule has 0 saturated carbocycles. The zero-order chi connectivity index (χ0) is 18.1. The summed E-state index contributed by atoms with van der Waals surface area (Å²) in [6.45, 7) is 1.88. The Hall–Kier alpha value is -2.74. The van der Waals surface area contributed by atoms with Crippen molar-refractivity contribution in [3.63, 3.8) is 0 Å². The van der Waals surface area contributed by atoms with Gasteiger partial charge in [0.25, 0.3) is 5.91 Å². The average molecular weight is 356 g/mol. The van der Waals surface area contributed by atoms with Gasteiger partial charge in [-0.15, -0.1) is 5.10 Å². The largest absolute Gasteiger partial charge is 0.481 e. The van der Waals surface area contributed by atoms with E-state index in [9.17, 15) is 14.7 Å². The summed E-state index contributed by atoms with van der Waals surface area (Å²) in [7, 11) is 0. The Morgan fingerprint density at radius 1 is 1.31 bits per heavy atom. The van der Waals surface area contributed by atoms with E-state index in [0.717, 1.165) is 5.56 Å². The summed E-state index contributed by atoms with van der Waals surface area (Å²) < 4.78 is 7.04. The van der Waals surface area contributed by atoms with Crippen molar-refractivity contribution in [1.29, 1.82) is 0 Å². The maximum Gasteiger partial charge on any atom is 0.311 e. The molecule has 0 unspecified atom stereocenters. The summed E-state index contributed by atoms with van der Waals surface area (Å²) in [6, 6.07) is 9.78. The van der Waals surface area contributed by atoms with Gasteiger partial charge in [-0.05, 0) is 12.0 Å². The fraction of sp³-hybridized carbons (Fsp3) is 0.444. The van der Waals surface area contributed by atoms with Gasteiger partial charge in [-0.2, -0.15) is 0 Å². The van der Waals surface area contributed by atoms with Crippen LogP contribution in [-0.2, 0) is 16.1 Å². The van der Waals surface area contributed by atoms with E-state index in [2.05, 4.69) is 10.3 Å². The number of carboxylic acids is 1. The number of carbonyl (C=O) groups excluding carboxylic acids is 1. The number of carbonyl (C=O) groups is 2. The number of amides is 1. The van der Waals surface area contributed by atoms with Crippen LogP contribution in [0.15, 0.2) is 36.5 Å². The summed E-state index contributed by atoms with van der Waals surface area (Å²) in [5.74, 6) is -1.31. The van der Waals surface area contributed by atoms with Crippen molar-refractivity contribution in [2.45, 2.75) is 13.0 Å². The maximum absolute atomic E-state index is 12.8. The normalized spacial score (nSPS) is 25.1. The SMILES string of the molecule is O=C(c1cn(Cc2ccccc2)nn1)N1C[C@H]2COCC[C@@]2(C(=O)O)C1. The standard InChI is InChI=1S/C18H20N4O4/c23-16(15-10-22(20-19-15)8-13-4-2-1-3-5-13)21-9-14-11-26-7-6-18(14,12-21)17(24)25/h1-5,10,14H,6-9,11-12H2,(H,24,25)/t14-,18+/m0/s1. The van der Waals surface area contributed by atoms with Gasteiger partial charge in [0.15, 0.2) is 5.69 Å². The zero-order valence-electron chi connectivity index (χ0n) is 14.2. The molecule has 4 rings (SSSR count). The van der Waals surface area contributed by atoms with Crippen molar-refractivity contribution in [3.05, 3.63) is 47.8 Å². The van der Waals surface area contributed by atoms with Crippen LogP contribution in [0.5, 0.6) is 0 Å². The predicted octanol–water partition coefficient (Wildman–Crippen LogP) is 0.890. The Morgan fingerprint density at radius 3 is 2.85 bits per heavy atom. The fourth-order valence-corrected chi connectivity index (χ4v) is 3.86. The lowest BCUT2D eigenvalue weighted by Crippen LogP contribution is -2.45. The number of aliphatic carboxylic acids is 1. The molecule has 1 aromatic carbocycles. The van der Waals surface area contributed by atoms with E-state index in [1.165, 1.54) is 0 Å². The molecule has 2 atom stereocenters. The number of aromatic nitrogens is 3. The first-order valence-corrected chi connectivity index (χ1v) is 8.63. The number of nitrogens with zero attached hydrogens (tertiary/aromatic N) is 4. The third kappa shape index (κ3) is 2.86. The number of likely N-dealkylation sites (tertiary alicyclic amines) is 1. The molecule has 2 saturated heterocycles. The summed E-state index contributed by atoms with van der Waals surface area (Å²) in [4.78, 5) is 26.2. The molecule has 1 aromatic heterocycles. The number of fused-ring (bicyclic) bond motifs is 1. The van der Waals surface area contributed by atoms with Crippen LogP contribution in [0.4, 0.5) is 0 Å². The topological polar surface area (TPSA) is 97.5 Å². The molecule has 2 aromatic rings. The van der Waals surface area contributed by atoms with Crippen LogP contribution in [0.25, 0.3) is 0 Å². The molecule has 3 heterocycles. The molecule has 0 radical (unpaired) electrons. The van der Waals surface area contributed by atoms with E-state index in [1.54, 1.807) is 15.8 Å². The van der Waals surface area contributed by atoms with E-state index in [1.807, 2.05) is 30.3 Å². The van der Waals surface area contributed by atoms with Crippen LogP contribution in [0.2, 0.25) is 0 Å². The van der Waals surface area contributed by atoms with Crippen molar-refractivity contribution in [3.8, 4) is 0 Å². The van der Waals surface area contributed by atoms with Gasteiger partial charge < -0.3 is 14.7 Å². The molecule has 26 heavy (non-hydrogen) atoms. The molecule has 8 nitrogen and oxygen atoms in total. The van der Waals surface area contributed by atoms with Crippen LogP contribution in [0.1, 0.15) is 22.5 Å². The van der Waals surface area contributed by atoms with E-state index in [-0.39, 0.29) is 24.1 Å². The summed E-state index contributed by atoms with van der Waals surface area (Å²) in [6.07, 6.45) is 2.04. The second kappa shape index (κ2) is 6.53. The smallest absolute Gasteiger partial charge is 0.311 e. The molecule has 2 aliphatic rings. The minimum absolute atomic E-state index is 0.183. The highest BCUT2D eigenvalue weighted by Gasteiger charge is 2.55. The maximum atomic E-state index is 12.8. The molecule has 2 aliphatic heterocycles. The number of ether oxygens (including phenoxy) is 1. The Bertz CT molecular complexity index is 822. The van der Waals surface area contributed by atoms with Crippen LogP contribution >= 0.6 is 0 Å². The van der Waals surface area contributed by atoms with Crippen LogP contribution < -0.4 is 0 Å². The third-order valence-electron chi connectivity index (χ3n) is 5.37. The lowest BCUT2D eigenvalue weighted by atomic mass is 9.74. The highest BCUT2D eigenvalue weighted by atomic mass is 16.5. The molecule has 0 aliphatic carbocycles. The van der Waals surface area contributed by atoms with Crippen LogP contribution in [0, 0.1) is 11.3 Å². The van der Waals surface area contributed by atoms with Crippen molar-refractivity contribution < 1.29 is 19.4 Å². The van der Waals surface area contributed by atoms with Crippen molar-refractivity contribution in [1.82, 2.24) is 19.9 Å². The zero-order valence-corrected chi connectivity index (χ0v) is 14.2. The number of carboxylic acid groups (broad SMARTS) is 1. The van der Waals surface area contributed by atoms with Crippen molar-refractivity contribution in [2.24, 2.45) is 11.3 Å². The number of benzene rings is 1. The molecule has 136 valence electrons. The summed E-state index contributed by atoms with van der Waals surface area (Å²) in [5, 5.41) is 17.7. The van der Waals surface area contributed by atoms with E-state index in [4.69, 9.17) is 4.74 Å². The molecule has 8 heteroatoms. The lowest BCUT2D eigenvalue weighted by molar-refractivity contribution is -0.157. The molecular weight excluding hydrogens is 336 g/mol. The molecule has 1 N–H and O–H groups in total. The summed E-state index contributed by atoms with van der Waals surface area (Å²) >= 11 is 0. The molecule has 1 amide bonds. The van der Waals surface area contributed by atoms with Crippen LogP contribution in [-0.4, -0.2) is 63.2 Å². The Kier molecular flexibility index (Phi) is 4.20. The Labute approximate surface area is 150 Å². The quantitative estimate of drug-likeness (QED) is 0.874. The fourth-order valence-electron chi connectivity index (χ4n) is 3.86. The molecule has 2 fully saturated rings. The number of hydrogen-bond donors (Lipinski definition) is 1. The predicted molar refractivity (Wildman–Crippen MR) is 90.5 cm³/mol. The Morgan fingerprint density at radius 2 is 2.12 bits per heavy atom. The third-order valence-corrected chi connectivity index (χ3v) is 5.37. The highest BCUT2D eigenvalue weighted by molar-refractivity contribution is 5.93. The first kappa shape index (κ1) is 16.7. The van der Waals surface area contributed by atoms with Crippen LogP contribution in [0.3, 0.4) is 0 Å². The highest BCUT2D eigenvalue weighted by Crippen LogP contribution is 2.42. The van der Waals surface area contributed by atoms with E-state index < -0.39 is 11.4 Å². The van der Waals surface area contributed by atoms with Gasteiger partial charge in [0.1, 0.15) is 0 Å². The minimum Gasteiger partial charge on any atom is -0.481 e. The average Bonchev–Trinajstić information content (AvgIpc) is 3.27. The van der Waals surface area contributed by atoms with Crippen molar-refractivity contribution >= 4 is 11.9 Å².